The molecule has 1 N–H and O–H groups in total. The van der Waals surface area contributed by atoms with Gasteiger partial charge in [0, 0.05) is 31.1 Å². The Morgan fingerprint density at radius 3 is 2.50 bits per heavy atom. The minimum absolute atomic E-state index is 0.0866. The van der Waals surface area contributed by atoms with Crippen LogP contribution in [0.2, 0.25) is 0 Å². The van der Waals surface area contributed by atoms with E-state index in [1.807, 2.05) is 6.20 Å². The lowest BCUT2D eigenvalue weighted by atomic mass is 9.96. The van der Waals surface area contributed by atoms with E-state index < -0.39 is 0 Å². The van der Waals surface area contributed by atoms with Gasteiger partial charge in [0.2, 0.25) is 16.0 Å². The van der Waals surface area contributed by atoms with Gasteiger partial charge in [-0.3, -0.25) is 4.79 Å². The van der Waals surface area contributed by atoms with Gasteiger partial charge in [-0.05, 0) is 76.0 Å². The van der Waals surface area contributed by atoms with Crippen molar-refractivity contribution in [1.29, 1.82) is 0 Å². The van der Waals surface area contributed by atoms with Crippen LogP contribution in [0.3, 0.4) is 0 Å². The summed E-state index contributed by atoms with van der Waals surface area (Å²) in [5, 5.41) is 8.81. The normalized spacial score (nSPS) is 18.3. The summed E-state index contributed by atoms with van der Waals surface area (Å²) in [6.07, 6.45) is 9.95. The summed E-state index contributed by atoms with van der Waals surface area (Å²) in [6, 6.07) is 6.34. The van der Waals surface area contributed by atoms with Crippen LogP contribution in [0, 0.1) is 11.7 Å². The third-order valence-corrected chi connectivity index (χ3v) is 7.94. The zero-order chi connectivity index (χ0) is 23.3. The smallest absolute Gasteiger partial charge is 0.223 e. The van der Waals surface area contributed by atoms with Crippen molar-refractivity contribution >= 4 is 27.3 Å². The summed E-state index contributed by atoms with van der Waals surface area (Å²) in [6.45, 7) is 5.94. The summed E-state index contributed by atoms with van der Waals surface area (Å²) < 4.78 is 15.0. The van der Waals surface area contributed by atoms with E-state index in [4.69, 9.17) is 5.10 Å². The van der Waals surface area contributed by atoms with Crippen molar-refractivity contribution in [2.24, 2.45) is 5.92 Å². The standard InChI is InChI=1S/C25H33FN6OS/c26-21-8-6-19(7-9-21)22-18-32-24(28-22)34-25(29-32)31-16-10-20(11-17-31)23(33)27-12-5-15-30-13-3-1-2-4-14-30/h6-9,18,20H,1-5,10-17H2,(H,27,33). The molecule has 4 heterocycles. The Kier molecular flexibility index (Phi) is 7.39. The minimum Gasteiger partial charge on any atom is -0.356 e. The zero-order valence-electron chi connectivity index (χ0n) is 19.6. The number of hydrogen-bond acceptors (Lipinski definition) is 6. The van der Waals surface area contributed by atoms with Crippen LogP contribution >= 0.6 is 11.3 Å². The number of carbonyl (C=O) groups excluding carboxylic acids is 1. The van der Waals surface area contributed by atoms with Crippen molar-refractivity contribution in [3.8, 4) is 11.3 Å². The average Bonchev–Trinajstić information content (AvgIpc) is 3.32. The summed E-state index contributed by atoms with van der Waals surface area (Å²) in [7, 11) is 0. The molecule has 2 aliphatic rings. The second kappa shape index (κ2) is 10.8. The molecule has 5 rings (SSSR count). The van der Waals surface area contributed by atoms with E-state index in [-0.39, 0.29) is 17.6 Å². The molecule has 0 saturated carbocycles. The number of fused-ring (bicyclic) bond motifs is 1. The third-order valence-electron chi connectivity index (χ3n) is 6.96. The van der Waals surface area contributed by atoms with E-state index in [0.717, 1.165) is 66.8 Å². The maximum Gasteiger partial charge on any atom is 0.223 e. The molecule has 9 heteroatoms. The van der Waals surface area contributed by atoms with E-state index >= 15 is 0 Å². The monoisotopic (exact) mass is 484 g/mol. The Hall–Kier alpha value is -2.52. The molecule has 1 aromatic carbocycles. The fraction of sp³-hybridized carbons (Fsp3) is 0.560. The highest BCUT2D eigenvalue weighted by molar-refractivity contribution is 7.20. The summed E-state index contributed by atoms with van der Waals surface area (Å²) in [5.41, 5.74) is 1.66. The van der Waals surface area contributed by atoms with Crippen LogP contribution in [0.5, 0.6) is 0 Å². The van der Waals surface area contributed by atoms with Gasteiger partial charge in [0.1, 0.15) is 5.82 Å². The fourth-order valence-electron chi connectivity index (χ4n) is 4.93. The van der Waals surface area contributed by atoms with Crippen molar-refractivity contribution in [2.75, 3.05) is 44.2 Å². The zero-order valence-corrected chi connectivity index (χ0v) is 20.4. The van der Waals surface area contributed by atoms with E-state index in [2.05, 4.69) is 20.1 Å². The Morgan fingerprint density at radius 2 is 1.79 bits per heavy atom. The van der Waals surface area contributed by atoms with Gasteiger partial charge >= 0.3 is 0 Å². The number of imidazole rings is 1. The Bertz CT molecular complexity index is 1050. The van der Waals surface area contributed by atoms with Gasteiger partial charge in [0.15, 0.2) is 0 Å². The number of rotatable bonds is 7. The van der Waals surface area contributed by atoms with Crippen molar-refractivity contribution in [3.05, 3.63) is 36.3 Å². The largest absolute Gasteiger partial charge is 0.356 e. The molecular formula is C25H33FN6OS. The van der Waals surface area contributed by atoms with Crippen LogP contribution in [0.15, 0.2) is 30.5 Å². The van der Waals surface area contributed by atoms with Gasteiger partial charge in [-0.2, -0.15) is 0 Å². The summed E-state index contributed by atoms with van der Waals surface area (Å²) in [5.74, 6) is 0.0343. The van der Waals surface area contributed by atoms with E-state index in [0.29, 0.717) is 0 Å². The topological polar surface area (TPSA) is 65.8 Å². The first-order valence-corrected chi connectivity index (χ1v) is 13.3. The van der Waals surface area contributed by atoms with Crippen molar-refractivity contribution in [2.45, 2.75) is 44.9 Å². The lowest BCUT2D eigenvalue weighted by Crippen LogP contribution is -2.41. The Balaban J connectivity index is 1.07. The number of halogens is 1. The second-order valence-electron chi connectivity index (χ2n) is 9.41. The number of benzene rings is 1. The molecule has 2 aliphatic heterocycles. The number of nitrogens with one attached hydrogen (secondary N) is 1. The first-order valence-electron chi connectivity index (χ1n) is 12.5. The number of amides is 1. The van der Waals surface area contributed by atoms with Gasteiger partial charge in [0.25, 0.3) is 0 Å². The van der Waals surface area contributed by atoms with Crippen LogP contribution in [-0.2, 0) is 4.79 Å². The molecule has 0 spiro atoms. The fourth-order valence-corrected chi connectivity index (χ4v) is 5.86. The predicted octanol–water partition coefficient (Wildman–Crippen LogP) is 4.20. The number of carbonyl (C=O) groups is 1. The van der Waals surface area contributed by atoms with Crippen molar-refractivity contribution in [1.82, 2.24) is 24.8 Å². The number of anilines is 1. The third kappa shape index (κ3) is 5.58. The number of piperidine rings is 1. The van der Waals surface area contributed by atoms with Gasteiger partial charge < -0.3 is 15.1 Å². The summed E-state index contributed by atoms with van der Waals surface area (Å²) >= 11 is 1.55. The lowest BCUT2D eigenvalue weighted by molar-refractivity contribution is -0.125. The van der Waals surface area contributed by atoms with Crippen molar-refractivity contribution < 1.29 is 9.18 Å². The van der Waals surface area contributed by atoms with Gasteiger partial charge in [-0.1, -0.05) is 24.2 Å². The maximum atomic E-state index is 13.2. The molecule has 0 unspecified atom stereocenters. The van der Waals surface area contributed by atoms with Gasteiger partial charge in [0.05, 0.1) is 11.9 Å². The molecule has 34 heavy (non-hydrogen) atoms. The van der Waals surface area contributed by atoms with Crippen LogP contribution in [0.1, 0.15) is 44.9 Å². The molecule has 2 fully saturated rings. The number of hydrogen-bond donors (Lipinski definition) is 1. The van der Waals surface area contributed by atoms with Gasteiger partial charge in [-0.15, -0.1) is 5.10 Å². The number of aromatic nitrogens is 3. The molecule has 7 nitrogen and oxygen atoms in total. The molecule has 0 aliphatic carbocycles. The minimum atomic E-state index is -0.255. The molecule has 2 aromatic heterocycles. The first-order chi connectivity index (χ1) is 16.7. The molecule has 3 aromatic rings. The number of nitrogens with zero attached hydrogens (tertiary/aromatic N) is 5. The molecule has 2 saturated heterocycles. The average molecular weight is 485 g/mol. The number of likely N-dealkylation sites (tertiary alicyclic amines) is 1. The highest BCUT2D eigenvalue weighted by Gasteiger charge is 2.26. The van der Waals surface area contributed by atoms with Gasteiger partial charge in [-0.25, -0.2) is 13.9 Å². The first kappa shape index (κ1) is 23.2. The lowest BCUT2D eigenvalue weighted by Gasteiger charge is -2.30. The quantitative estimate of drug-likeness (QED) is 0.510. The summed E-state index contributed by atoms with van der Waals surface area (Å²) in [4.78, 5) is 22.9. The molecule has 1 amide bonds. The van der Waals surface area contributed by atoms with Crippen LogP contribution in [0.4, 0.5) is 9.52 Å². The highest BCUT2D eigenvalue weighted by Crippen LogP contribution is 2.29. The second-order valence-corrected chi connectivity index (χ2v) is 10.3. The maximum absolute atomic E-state index is 13.2. The van der Waals surface area contributed by atoms with E-state index in [1.165, 1.54) is 50.9 Å². The molecule has 0 atom stereocenters. The molecule has 0 radical (unpaired) electrons. The van der Waals surface area contributed by atoms with E-state index in [1.54, 1.807) is 28.0 Å². The predicted molar refractivity (Wildman–Crippen MR) is 134 cm³/mol. The van der Waals surface area contributed by atoms with Crippen LogP contribution in [0.25, 0.3) is 16.2 Å². The molecule has 0 bridgehead atoms. The van der Waals surface area contributed by atoms with Crippen molar-refractivity contribution in [3.63, 3.8) is 0 Å². The SMILES string of the molecule is O=C(NCCCN1CCCCCC1)C1CCN(c2nn3cc(-c4ccc(F)cc4)nc3s2)CC1. The Labute approximate surface area is 204 Å². The molecule has 182 valence electrons. The van der Waals surface area contributed by atoms with E-state index in [9.17, 15) is 9.18 Å². The highest BCUT2D eigenvalue weighted by atomic mass is 32.1. The van der Waals surface area contributed by atoms with Crippen LogP contribution in [-0.4, -0.2) is 64.7 Å². The Morgan fingerprint density at radius 1 is 1.06 bits per heavy atom. The van der Waals surface area contributed by atoms with Crippen LogP contribution < -0.4 is 10.2 Å². The molecular weight excluding hydrogens is 451 g/mol.